The second-order valence-electron chi connectivity index (χ2n) is 22.0. The lowest BCUT2D eigenvalue weighted by Crippen LogP contribution is -2.30. The average Bonchev–Trinajstić information content (AvgIpc) is 3.46. The smallest absolute Gasteiger partial charge is 0.306 e. The van der Waals surface area contributed by atoms with Gasteiger partial charge in [-0.05, 0) is 109 Å². The van der Waals surface area contributed by atoms with Crippen LogP contribution in [-0.2, 0) is 28.6 Å². The SMILES string of the molecule is CC/C=C\C/C=C\C/C=C\C/C=C\C/C=C\C/C=C\C/C=C\C/C=C\C/C=C\CCCC(=O)OCC(COC(=O)CCCCCCCC)OC(=O)CCCCCCCCCCCCCCCCC/C=C\CCCCCCCCCC. The van der Waals surface area contributed by atoms with Crippen LogP contribution in [0.25, 0.3) is 0 Å². The summed E-state index contributed by atoms with van der Waals surface area (Å²) in [4.78, 5) is 38.0. The third-order valence-electron chi connectivity index (χ3n) is 14.2. The maximum atomic E-state index is 12.9. The van der Waals surface area contributed by atoms with Crippen molar-refractivity contribution in [3.8, 4) is 0 Å². The molecule has 0 rings (SSSR count). The van der Waals surface area contributed by atoms with Crippen molar-refractivity contribution in [2.24, 2.45) is 0 Å². The summed E-state index contributed by atoms with van der Waals surface area (Å²) in [6.07, 6.45) is 94.1. The zero-order valence-electron chi connectivity index (χ0n) is 52.3. The lowest BCUT2D eigenvalue weighted by Gasteiger charge is -2.18. The Morgan fingerprint density at radius 1 is 0.263 bits per heavy atom. The minimum absolute atomic E-state index is 0.0965. The first-order valence-electron chi connectivity index (χ1n) is 33.5. The van der Waals surface area contributed by atoms with Crippen LogP contribution >= 0.6 is 0 Å². The summed E-state index contributed by atoms with van der Waals surface area (Å²) in [6, 6.07) is 0. The molecule has 0 aromatic carbocycles. The summed E-state index contributed by atoms with van der Waals surface area (Å²) in [5, 5.41) is 0. The molecule has 1 unspecified atom stereocenters. The largest absolute Gasteiger partial charge is 0.462 e. The first kappa shape index (κ1) is 75.8. The van der Waals surface area contributed by atoms with E-state index in [1.807, 2.05) is 0 Å². The van der Waals surface area contributed by atoms with Crippen molar-refractivity contribution < 1.29 is 28.6 Å². The molecule has 6 nitrogen and oxygen atoms in total. The van der Waals surface area contributed by atoms with Crippen molar-refractivity contribution in [2.75, 3.05) is 13.2 Å². The molecule has 0 aromatic heterocycles. The average molecular weight is 1110 g/mol. The van der Waals surface area contributed by atoms with Crippen LogP contribution in [0.4, 0.5) is 0 Å². The van der Waals surface area contributed by atoms with Gasteiger partial charge in [-0.3, -0.25) is 14.4 Å². The van der Waals surface area contributed by atoms with Gasteiger partial charge < -0.3 is 14.2 Å². The van der Waals surface area contributed by atoms with Crippen molar-refractivity contribution in [3.63, 3.8) is 0 Å². The topological polar surface area (TPSA) is 78.9 Å². The van der Waals surface area contributed by atoms with Gasteiger partial charge in [0.2, 0.25) is 0 Å². The van der Waals surface area contributed by atoms with Gasteiger partial charge in [-0.25, -0.2) is 0 Å². The number of carbonyl (C=O) groups excluding carboxylic acids is 3. The first-order valence-corrected chi connectivity index (χ1v) is 33.5. The molecule has 0 heterocycles. The Bertz CT molecular complexity index is 1650. The lowest BCUT2D eigenvalue weighted by molar-refractivity contribution is -0.167. The maximum absolute atomic E-state index is 12.9. The highest BCUT2D eigenvalue weighted by atomic mass is 16.6. The quantitative estimate of drug-likeness (QED) is 0.0261. The third kappa shape index (κ3) is 64.6. The van der Waals surface area contributed by atoms with E-state index in [1.54, 1.807) is 0 Å². The number of unbranched alkanes of at least 4 members (excludes halogenated alkanes) is 29. The Kier molecular flexibility index (Phi) is 63.8. The fourth-order valence-corrected chi connectivity index (χ4v) is 9.21. The number of esters is 3. The van der Waals surface area contributed by atoms with E-state index in [9.17, 15) is 14.4 Å². The van der Waals surface area contributed by atoms with E-state index in [0.29, 0.717) is 19.3 Å². The van der Waals surface area contributed by atoms with Crippen molar-refractivity contribution >= 4 is 17.9 Å². The van der Waals surface area contributed by atoms with Crippen molar-refractivity contribution in [1.29, 1.82) is 0 Å². The molecule has 80 heavy (non-hydrogen) atoms. The molecule has 0 N–H and O–H groups in total. The predicted molar refractivity (Wildman–Crippen MR) is 348 cm³/mol. The van der Waals surface area contributed by atoms with Crippen molar-refractivity contribution in [2.45, 2.75) is 316 Å². The van der Waals surface area contributed by atoms with Crippen LogP contribution in [0, 0.1) is 0 Å². The Morgan fingerprint density at radius 3 is 0.825 bits per heavy atom. The van der Waals surface area contributed by atoms with Gasteiger partial charge in [0, 0.05) is 19.3 Å². The van der Waals surface area contributed by atoms with E-state index in [0.717, 1.165) is 103 Å². The van der Waals surface area contributed by atoms with Crippen LogP contribution in [0.2, 0.25) is 0 Å². The normalized spacial score (nSPS) is 12.9. The predicted octanol–water partition coefficient (Wildman–Crippen LogP) is 23.2. The number of hydrogen-bond acceptors (Lipinski definition) is 6. The number of carbonyl (C=O) groups is 3. The minimum Gasteiger partial charge on any atom is -0.462 e. The molecular weight excluding hydrogens is 985 g/mol. The van der Waals surface area contributed by atoms with Crippen LogP contribution in [-0.4, -0.2) is 37.2 Å². The zero-order valence-corrected chi connectivity index (χ0v) is 52.3. The van der Waals surface area contributed by atoms with Crippen LogP contribution in [0.1, 0.15) is 310 Å². The van der Waals surface area contributed by atoms with Gasteiger partial charge in [-0.2, -0.15) is 0 Å². The molecule has 0 aliphatic rings. The highest BCUT2D eigenvalue weighted by molar-refractivity contribution is 5.71. The monoisotopic (exact) mass is 1110 g/mol. The Balaban J connectivity index is 4.18. The molecule has 0 fully saturated rings. The van der Waals surface area contributed by atoms with Gasteiger partial charge in [0.25, 0.3) is 0 Å². The summed E-state index contributed by atoms with van der Waals surface area (Å²) in [6.45, 7) is 6.44. The van der Waals surface area contributed by atoms with Gasteiger partial charge in [0.1, 0.15) is 13.2 Å². The second-order valence-corrected chi connectivity index (χ2v) is 22.0. The van der Waals surface area contributed by atoms with Gasteiger partial charge in [0.05, 0.1) is 0 Å². The maximum Gasteiger partial charge on any atom is 0.306 e. The van der Waals surface area contributed by atoms with Crippen molar-refractivity contribution in [1.82, 2.24) is 0 Å². The molecule has 0 aliphatic carbocycles. The third-order valence-corrected chi connectivity index (χ3v) is 14.2. The molecule has 0 aromatic rings. The fraction of sp³-hybridized carbons (Fsp3) is 0.689. The van der Waals surface area contributed by atoms with Crippen LogP contribution in [0.3, 0.4) is 0 Å². The summed E-state index contributed by atoms with van der Waals surface area (Å²) < 4.78 is 16.8. The summed E-state index contributed by atoms with van der Waals surface area (Å²) in [7, 11) is 0. The molecule has 0 radical (unpaired) electrons. The number of hydrogen-bond donors (Lipinski definition) is 0. The summed E-state index contributed by atoms with van der Waals surface area (Å²) in [5.41, 5.74) is 0. The van der Waals surface area contributed by atoms with Crippen LogP contribution < -0.4 is 0 Å². The van der Waals surface area contributed by atoms with Gasteiger partial charge in [0.15, 0.2) is 6.10 Å². The van der Waals surface area contributed by atoms with E-state index in [-0.39, 0.29) is 37.5 Å². The van der Waals surface area contributed by atoms with E-state index >= 15 is 0 Å². The highest BCUT2D eigenvalue weighted by Gasteiger charge is 2.19. The standard InChI is InChI=1S/C74H124O6/c1-4-7-10-13-16-18-20-22-24-26-28-30-32-34-36-37-39-40-42-44-46-48-50-52-54-56-58-61-64-67-73(76)79-70-71(69-78-72(75)66-63-60-15-12-9-6-3)80-74(77)68-65-62-59-57-55-53-51-49-47-45-43-41-38-35-33-31-29-27-25-23-21-19-17-14-11-8-5-2/h7,10,16,18,22,24,27-30,34,36,39-40,44,46,50,52,56,58,71H,4-6,8-9,11-15,17,19-21,23,25-26,31-33,35,37-38,41-43,45,47-49,51,53-55,57,59-70H2,1-3H3/b10-7-,18-16-,24-22-,29-27-,30-28-,36-34-,40-39-,46-44-,52-50-,58-56-. The second kappa shape index (κ2) is 67.3. The van der Waals surface area contributed by atoms with E-state index in [2.05, 4.69) is 142 Å². The number of rotatable bonds is 60. The molecule has 1 atom stereocenters. The van der Waals surface area contributed by atoms with E-state index in [1.165, 1.54) is 161 Å². The molecule has 0 aliphatic heterocycles. The zero-order chi connectivity index (χ0) is 57.8. The van der Waals surface area contributed by atoms with Crippen LogP contribution in [0.15, 0.2) is 122 Å². The Labute approximate surface area is 494 Å². The Hall–Kier alpha value is -4.19. The number of allylic oxidation sites excluding steroid dienone is 20. The molecule has 456 valence electrons. The van der Waals surface area contributed by atoms with Gasteiger partial charge in [-0.15, -0.1) is 0 Å². The molecule has 0 bridgehead atoms. The van der Waals surface area contributed by atoms with E-state index in [4.69, 9.17) is 14.2 Å². The molecule has 0 saturated carbocycles. The minimum atomic E-state index is -0.801. The molecule has 0 saturated heterocycles. The highest BCUT2D eigenvalue weighted by Crippen LogP contribution is 2.16. The lowest BCUT2D eigenvalue weighted by atomic mass is 10.0. The van der Waals surface area contributed by atoms with E-state index < -0.39 is 6.10 Å². The molecule has 0 amide bonds. The van der Waals surface area contributed by atoms with Crippen LogP contribution in [0.5, 0.6) is 0 Å². The summed E-state index contributed by atoms with van der Waals surface area (Å²) in [5.74, 6) is -0.963. The van der Waals surface area contributed by atoms with Gasteiger partial charge in [-0.1, -0.05) is 303 Å². The fourth-order valence-electron chi connectivity index (χ4n) is 9.21. The molecule has 0 spiro atoms. The van der Waals surface area contributed by atoms with Crippen molar-refractivity contribution in [3.05, 3.63) is 122 Å². The molecule has 6 heteroatoms. The molecular formula is C74H124O6. The van der Waals surface area contributed by atoms with Gasteiger partial charge >= 0.3 is 17.9 Å². The summed E-state index contributed by atoms with van der Waals surface area (Å²) >= 11 is 0. The first-order chi connectivity index (χ1) is 39.5. The number of ether oxygens (including phenoxy) is 3. The Morgan fingerprint density at radius 2 is 0.500 bits per heavy atom.